The van der Waals surface area contributed by atoms with Gasteiger partial charge in [-0.1, -0.05) is 31.0 Å². The van der Waals surface area contributed by atoms with E-state index in [2.05, 4.69) is 24.5 Å². The lowest BCUT2D eigenvalue weighted by atomic mass is 10.0. The normalized spacial score (nSPS) is 10.2. The van der Waals surface area contributed by atoms with Gasteiger partial charge in [0.2, 0.25) is 0 Å². The molecule has 1 aromatic rings. The van der Waals surface area contributed by atoms with E-state index in [1.807, 2.05) is 20.8 Å². The number of amides is 1. The molecule has 0 aromatic heterocycles. The Kier molecular flexibility index (Phi) is 5.01. The van der Waals surface area contributed by atoms with Crippen molar-refractivity contribution in [1.82, 2.24) is 5.43 Å². The molecular weight excluding hydrogens is 228 g/mol. The van der Waals surface area contributed by atoms with E-state index in [4.69, 9.17) is 5.11 Å². The molecule has 0 saturated carbocycles. The van der Waals surface area contributed by atoms with Gasteiger partial charge in [0.1, 0.15) is 0 Å². The van der Waals surface area contributed by atoms with Gasteiger partial charge in [0.05, 0.1) is 5.69 Å². The van der Waals surface area contributed by atoms with E-state index < -0.39 is 6.09 Å². The van der Waals surface area contributed by atoms with Crippen LogP contribution in [0.5, 0.6) is 0 Å². The number of carboxylic acid groups (broad SMARTS) is 1. The Hall–Kier alpha value is -1.71. The summed E-state index contributed by atoms with van der Waals surface area (Å²) in [6.45, 7) is 8.85. The van der Waals surface area contributed by atoms with E-state index in [-0.39, 0.29) is 0 Å². The number of aryl methyl sites for hydroxylation is 3. The fraction of sp³-hybridized carbons (Fsp3) is 0.500. The number of rotatable bonds is 5. The van der Waals surface area contributed by atoms with Crippen LogP contribution in [-0.2, 0) is 0 Å². The van der Waals surface area contributed by atoms with Crippen LogP contribution in [0.4, 0.5) is 10.5 Å². The van der Waals surface area contributed by atoms with E-state index in [0.29, 0.717) is 6.54 Å². The SMILES string of the molecule is CCCCN(NC(=O)O)c1c(C)cc(C)cc1C. The van der Waals surface area contributed by atoms with Crippen molar-refractivity contribution in [3.8, 4) is 0 Å². The van der Waals surface area contributed by atoms with Crippen molar-refractivity contribution >= 4 is 11.8 Å². The summed E-state index contributed by atoms with van der Waals surface area (Å²) >= 11 is 0. The standard InChI is InChI=1S/C14H22N2O2/c1-5-6-7-16(15-14(17)18)13-11(3)8-10(2)9-12(13)4/h8-9,15H,5-7H2,1-4H3,(H,17,18). The zero-order valence-corrected chi connectivity index (χ0v) is 11.6. The largest absolute Gasteiger partial charge is 0.464 e. The number of hydrogen-bond acceptors (Lipinski definition) is 2. The molecular formula is C14H22N2O2. The van der Waals surface area contributed by atoms with Crippen molar-refractivity contribution in [3.05, 3.63) is 28.8 Å². The Labute approximate surface area is 109 Å². The van der Waals surface area contributed by atoms with Crippen LogP contribution in [-0.4, -0.2) is 17.7 Å². The highest BCUT2D eigenvalue weighted by Gasteiger charge is 2.14. The monoisotopic (exact) mass is 250 g/mol. The van der Waals surface area contributed by atoms with Crippen LogP contribution in [0.1, 0.15) is 36.5 Å². The molecule has 0 spiro atoms. The summed E-state index contributed by atoms with van der Waals surface area (Å²) in [6, 6.07) is 4.15. The highest BCUT2D eigenvalue weighted by Crippen LogP contribution is 2.25. The fourth-order valence-corrected chi connectivity index (χ4v) is 2.25. The molecule has 4 nitrogen and oxygen atoms in total. The van der Waals surface area contributed by atoms with Crippen LogP contribution in [0.2, 0.25) is 0 Å². The summed E-state index contributed by atoms with van der Waals surface area (Å²) in [5.41, 5.74) is 6.83. The minimum Gasteiger partial charge on any atom is -0.464 e. The molecule has 0 aliphatic rings. The molecule has 0 fully saturated rings. The Morgan fingerprint density at radius 3 is 2.28 bits per heavy atom. The van der Waals surface area contributed by atoms with Crippen LogP contribution in [0.25, 0.3) is 0 Å². The quantitative estimate of drug-likeness (QED) is 0.787. The van der Waals surface area contributed by atoms with Crippen molar-refractivity contribution in [2.75, 3.05) is 11.6 Å². The number of anilines is 1. The minimum atomic E-state index is -1.02. The fourth-order valence-electron chi connectivity index (χ4n) is 2.25. The molecule has 1 aromatic carbocycles. The number of hydrazine groups is 1. The molecule has 2 N–H and O–H groups in total. The topological polar surface area (TPSA) is 52.6 Å². The van der Waals surface area contributed by atoms with Gasteiger partial charge in [-0.2, -0.15) is 0 Å². The molecule has 0 unspecified atom stereocenters. The average Bonchev–Trinajstić information content (AvgIpc) is 2.23. The van der Waals surface area contributed by atoms with Crippen molar-refractivity contribution in [2.45, 2.75) is 40.5 Å². The molecule has 0 aliphatic heterocycles. The molecule has 100 valence electrons. The van der Waals surface area contributed by atoms with E-state index in [9.17, 15) is 4.79 Å². The van der Waals surface area contributed by atoms with Crippen LogP contribution in [0.3, 0.4) is 0 Å². The van der Waals surface area contributed by atoms with Crippen LogP contribution in [0.15, 0.2) is 12.1 Å². The Balaban J connectivity index is 3.07. The Morgan fingerprint density at radius 2 is 1.83 bits per heavy atom. The molecule has 18 heavy (non-hydrogen) atoms. The molecule has 0 atom stereocenters. The maximum absolute atomic E-state index is 10.9. The first-order valence-corrected chi connectivity index (χ1v) is 6.30. The molecule has 0 heterocycles. The first kappa shape index (κ1) is 14.4. The van der Waals surface area contributed by atoms with Crippen LogP contribution in [0, 0.1) is 20.8 Å². The maximum atomic E-state index is 10.9. The van der Waals surface area contributed by atoms with E-state index >= 15 is 0 Å². The Morgan fingerprint density at radius 1 is 1.28 bits per heavy atom. The molecule has 0 aliphatic carbocycles. The molecule has 0 radical (unpaired) electrons. The zero-order chi connectivity index (χ0) is 13.7. The third-order valence-corrected chi connectivity index (χ3v) is 2.87. The van der Waals surface area contributed by atoms with Gasteiger partial charge in [0.15, 0.2) is 0 Å². The summed E-state index contributed by atoms with van der Waals surface area (Å²) in [4.78, 5) is 10.9. The first-order valence-electron chi connectivity index (χ1n) is 6.30. The second-order valence-electron chi connectivity index (χ2n) is 4.67. The molecule has 1 amide bonds. The van der Waals surface area contributed by atoms with Gasteiger partial charge in [-0.3, -0.25) is 5.01 Å². The summed E-state index contributed by atoms with van der Waals surface area (Å²) in [5.74, 6) is 0. The van der Waals surface area contributed by atoms with Gasteiger partial charge in [-0.15, -0.1) is 0 Å². The second kappa shape index (κ2) is 6.28. The number of carbonyl (C=O) groups is 1. The smallest absolute Gasteiger partial charge is 0.423 e. The van der Waals surface area contributed by atoms with Crippen molar-refractivity contribution in [3.63, 3.8) is 0 Å². The third-order valence-electron chi connectivity index (χ3n) is 2.87. The van der Waals surface area contributed by atoms with Gasteiger partial charge in [0, 0.05) is 6.54 Å². The summed E-state index contributed by atoms with van der Waals surface area (Å²) < 4.78 is 0. The van der Waals surface area contributed by atoms with E-state index in [1.54, 1.807) is 5.01 Å². The molecule has 1 rings (SSSR count). The van der Waals surface area contributed by atoms with Gasteiger partial charge < -0.3 is 5.11 Å². The van der Waals surface area contributed by atoms with E-state index in [0.717, 1.165) is 29.7 Å². The van der Waals surface area contributed by atoms with Gasteiger partial charge >= 0.3 is 6.09 Å². The third kappa shape index (κ3) is 3.65. The highest BCUT2D eigenvalue weighted by molar-refractivity contribution is 5.70. The summed E-state index contributed by atoms with van der Waals surface area (Å²) in [6.07, 6.45) is 0.958. The Bertz CT molecular complexity index is 407. The number of nitrogens with one attached hydrogen (secondary N) is 1. The van der Waals surface area contributed by atoms with Crippen LogP contribution >= 0.6 is 0 Å². The summed E-state index contributed by atoms with van der Waals surface area (Å²) in [5, 5.41) is 10.7. The number of nitrogens with zero attached hydrogens (tertiary/aromatic N) is 1. The molecule has 0 bridgehead atoms. The lowest BCUT2D eigenvalue weighted by Crippen LogP contribution is -2.43. The van der Waals surface area contributed by atoms with Crippen LogP contribution < -0.4 is 10.4 Å². The lowest BCUT2D eigenvalue weighted by Gasteiger charge is -2.27. The van der Waals surface area contributed by atoms with Crippen molar-refractivity contribution in [2.24, 2.45) is 0 Å². The maximum Gasteiger partial charge on any atom is 0.423 e. The zero-order valence-electron chi connectivity index (χ0n) is 11.6. The predicted octanol–water partition coefficient (Wildman–Crippen LogP) is 3.40. The summed E-state index contributed by atoms with van der Waals surface area (Å²) in [7, 11) is 0. The van der Waals surface area contributed by atoms with Gasteiger partial charge in [-0.25, -0.2) is 10.2 Å². The number of unbranched alkanes of at least 4 members (excludes halogenated alkanes) is 1. The number of hydrogen-bond donors (Lipinski definition) is 2. The average molecular weight is 250 g/mol. The second-order valence-corrected chi connectivity index (χ2v) is 4.67. The van der Waals surface area contributed by atoms with Gasteiger partial charge in [0.25, 0.3) is 0 Å². The van der Waals surface area contributed by atoms with Gasteiger partial charge in [-0.05, 0) is 38.3 Å². The predicted molar refractivity (Wildman–Crippen MR) is 74.1 cm³/mol. The molecule has 4 heteroatoms. The van der Waals surface area contributed by atoms with Crippen molar-refractivity contribution in [1.29, 1.82) is 0 Å². The van der Waals surface area contributed by atoms with E-state index in [1.165, 1.54) is 5.56 Å². The van der Waals surface area contributed by atoms with Crippen molar-refractivity contribution < 1.29 is 9.90 Å². The highest BCUT2D eigenvalue weighted by atomic mass is 16.4. The number of benzene rings is 1. The minimum absolute atomic E-state index is 0.688. The molecule has 0 saturated heterocycles. The first-order chi connectivity index (χ1) is 8.45. The lowest BCUT2D eigenvalue weighted by molar-refractivity contribution is 0.193.